The summed E-state index contributed by atoms with van der Waals surface area (Å²) < 4.78 is 5.08. The predicted molar refractivity (Wildman–Crippen MR) is 72.1 cm³/mol. The van der Waals surface area contributed by atoms with Crippen molar-refractivity contribution in [2.24, 2.45) is 0 Å². The van der Waals surface area contributed by atoms with Gasteiger partial charge in [0, 0.05) is 19.7 Å². The SMILES string of the molecule is COCc1cccc(CNC(=O)CNC(C)C)c1. The summed E-state index contributed by atoms with van der Waals surface area (Å²) in [5.41, 5.74) is 2.20. The van der Waals surface area contributed by atoms with E-state index in [0.29, 0.717) is 25.7 Å². The van der Waals surface area contributed by atoms with Crippen molar-refractivity contribution in [3.05, 3.63) is 35.4 Å². The first-order chi connectivity index (χ1) is 8.61. The van der Waals surface area contributed by atoms with Crippen LogP contribution >= 0.6 is 0 Å². The molecule has 18 heavy (non-hydrogen) atoms. The van der Waals surface area contributed by atoms with Crippen molar-refractivity contribution in [2.75, 3.05) is 13.7 Å². The molecular formula is C14H22N2O2. The highest BCUT2D eigenvalue weighted by atomic mass is 16.5. The normalized spacial score (nSPS) is 10.7. The zero-order valence-corrected chi connectivity index (χ0v) is 11.3. The van der Waals surface area contributed by atoms with E-state index in [-0.39, 0.29) is 5.91 Å². The summed E-state index contributed by atoms with van der Waals surface area (Å²) in [6.07, 6.45) is 0. The van der Waals surface area contributed by atoms with E-state index in [1.54, 1.807) is 7.11 Å². The second kappa shape index (κ2) is 7.84. The predicted octanol–water partition coefficient (Wildman–Crippen LogP) is 1.45. The van der Waals surface area contributed by atoms with Crippen LogP contribution in [-0.4, -0.2) is 25.6 Å². The number of rotatable bonds is 7. The summed E-state index contributed by atoms with van der Waals surface area (Å²) in [4.78, 5) is 11.5. The number of hydrogen-bond acceptors (Lipinski definition) is 3. The maximum Gasteiger partial charge on any atom is 0.234 e. The number of carbonyl (C=O) groups excluding carboxylic acids is 1. The largest absolute Gasteiger partial charge is 0.380 e. The molecule has 0 saturated carbocycles. The molecule has 0 spiro atoms. The minimum Gasteiger partial charge on any atom is -0.380 e. The molecule has 0 aliphatic heterocycles. The Hall–Kier alpha value is -1.39. The van der Waals surface area contributed by atoms with Gasteiger partial charge in [-0.3, -0.25) is 4.79 Å². The molecule has 0 radical (unpaired) electrons. The van der Waals surface area contributed by atoms with Crippen LogP contribution in [0.3, 0.4) is 0 Å². The molecule has 100 valence electrons. The molecule has 0 aliphatic rings. The van der Waals surface area contributed by atoms with Crippen molar-refractivity contribution in [1.82, 2.24) is 10.6 Å². The van der Waals surface area contributed by atoms with E-state index in [4.69, 9.17) is 4.74 Å². The molecule has 1 rings (SSSR count). The third-order valence-corrected chi connectivity index (χ3v) is 2.46. The lowest BCUT2D eigenvalue weighted by molar-refractivity contribution is -0.120. The smallest absolute Gasteiger partial charge is 0.234 e. The van der Waals surface area contributed by atoms with Crippen molar-refractivity contribution >= 4 is 5.91 Å². The van der Waals surface area contributed by atoms with Crippen LogP contribution in [0.4, 0.5) is 0 Å². The third-order valence-electron chi connectivity index (χ3n) is 2.46. The maximum absolute atomic E-state index is 11.5. The van der Waals surface area contributed by atoms with Crippen LogP contribution in [0.1, 0.15) is 25.0 Å². The molecule has 1 amide bonds. The first-order valence-electron chi connectivity index (χ1n) is 6.18. The molecule has 4 heteroatoms. The molecule has 0 atom stereocenters. The van der Waals surface area contributed by atoms with Gasteiger partial charge in [0.25, 0.3) is 0 Å². The molecule has 0 fully saturated rings. The van der Waals surface area contributed by atoms with Crippen molar-refractivity contribution in [3.63, 3.8) is 0 Å². The lowest BCUT2D eigenvalue weighted by atomic mass is 10.1. The van der Waals surface area contributed by atoms with Crippen molar-refractivity contribution in [3.8, 4) is 0 Å². The topological polar surface area (TPSA) is 50.4 Å². The summed E-state index contributed by atoms with van der Waals surface area (Å²) in [7, 11) is 1.67. The van der Waals surface area contributed by atoms with Gasteiger partial charge in [0.15, 0.2) is 0 Å². The molecule has 0 bridgehead atoms. The minimum absolute atomic E-state index is 0.0147. The average Bonchev–Trinajstić information content (AvgIpc) is 2.35. The molecule has 0 aromatic heterocycles. The number of carbonyl (C=O) groups is 1. The Labute approximate surface area is 109 Å². The van der Waals surface area contributed by atoms with E-state index in [1.807, 2.05) is 38.1 Å². The van der Waals surface area contributed by atoms with Gasteiger partial charge < -0.3 is 15.4 Å². The highest BCUT2D eigenvalue weighted by molar-refractivity contribution is 5.77. The van der Waals surface area contributed by atoms with Gasteiger partial charge in [-0.2, -0.15) is 0 Å². The number of ether oxygens (including phenoxy) is 1. The van der Waals surface area contributed by atoms with Crippen LogP contribution in [0, 0.1) is 0 Å². The molecule has 0 heterocycles. The summed E-state index contributed by atoms with van der Waals surface area (Å²) >= 11 is 0. The summed E-state index contributed by atoms with van der Waals surface area (Å²) in [6.45, 7) is 5.53. The van der Waals surface area contributed by atoms with Gasteiger partial charge in [-0.05, 0) is 11.1 Å². The van der Waals surface area contributed by atoms with E-state index in [2.05, 4.69) is 10.6 Å². The fraction of sp³-hybridized carbons (Fsp3) is 0.500. The minimum atomic E-state index is 0.0147. The maximum atomic E-state index is 11.5. The van der Waals surface area contributed by atoms with Gasteiger partial charge in [0.1, 0.15) is 0 Å². The second-order valence-corrected chi connectivity index (χ2v) is 4.57. The first kappa shape index (κ1) is 14.7. The van der Waals surface area contributed by atoms with E-state index in [1.165, 1.54) is 0 Å². The van der Waals surface area contributed by atoms with Crippen LogP contribution in [0.2, 0.25) is 0 Å². The number of nitrogens with one attached hydrogen (secondary N) is 2. The fourth-order valence-corrected chi connectivity index (χ4v) is 1.56. The average molecular weight is 250 g/mol. The van der Waals surface area contributed by atoms with E-state index in [0.717, 1.165) is 11.1 Å². The Kier molecular flexibility index (Phi) is 6.39. The van der Waals surface area contributed by atoms with E-state index >= 15 is 0 Å². The van der Waals surface area contributed by atoms with Crippen LogP contribution in [0.15, 0.2) is 24.3 Å². The molecular weight excluding hydrogens is 228 g/mol. The van der Waals surface area contributed by atoms with Gasteiger partial charge in [-0.25, -0.2) is 0 Å². The van der Waals surface area contributed by atoms with Crippen molar-refractivity contribution in [2.45, 2.75) is 33.0 Å². The third kappa shape index (κ3) is 5.80. The van der Waals surface area contributed by atoms with E-state index < -0.39 is 0 Å². The van der Waals surface area contributed by atoms with Crippen molar-refractivity contribution in [1.29, 1.82) is 0 Å². The summed E-state index contributed by atoms with van der Waals surface area (Å²) in [6, 6.07) is 8.34. The standard InChI is InChI=1S/C14H22N2O2/c1-11(2)15-9-14(17)16-8-12-5-4-6-13(7-12)10-18-3/h4-7,11,15H,8-10H2,1-3H3,(H,16,17). The van der Waals surface area contributed by atoms with Gasteiger partial charge in [0.2, 0.25) is 5.91 Å². The highest BCUT2D eigenvalue weighted by Gasteiger charge is 2.02. The number of amides is 1. The van der Waals surface area contributed by atoms with Crippen molar-refractivity contribution < 1.29 is 9.53 Å². The molecule has 0 aliphatic carbocycles. The number of hydrogen-bond donors (Lipinski definition) is 2. The Morgan fingerprint density at radius 1 is 1.33 bits per heavy atom. The van der Waals surface area contributed by atoms with Crippen LogP contribution < -0.4 is 10.6 Å². The van der Waals surface area contributed by atoms with Gasteiger partial charge in [-0.1, -0.05) is 38.1 Å². The highest BCUT2D eigenvalue weighted by Crippen LogP contribution is 2.05. The van der Waals surface area contributed by atoms with Crippen LogP contribution in [-0.2, 0) is 22.7 Å². The van der Waals surface area contributed by atoms with Crippen LogP contribution in [0.25, 0.3) is 0 Å². The summed E-state index contributed by atoms with van der Waals surface area (Å²) in [5, 5.41) is 5.96. The van der Waals surface area contributed by atoms with Gasteiger partial charge >= 0.3 is 0 Å². The van der Waals surface area contributed by atoms with E-state index in [9.17, 15) is 4.79 Å². The fourth-order valence-electron chi connectivity index (χ4n) is 1.56. The van der Waals surface area contributed by atoms with Gasteiger partial charge in [-0.15, -0.1) is 0 Å². The molecule has 0 saturated heterocycles. The molecule has 1 aromatic carbocycles. The second-order valence-electron chi connectivity index (χ2n) is 4.57. The zero-order chi connectivity index (χ0) is 13.4. The monoisotopic (exact) mass is 250 g/mol. The molecule has 4 nitrogen and oxygen atoms in total. The molecule has 2 N–H and O–H groups in total. The number of benzene rings is 1. The Morgan fingerprint density at radius 2 is 2.06 bits per heavy atom. The Bertz CT molecular complexity index is 378. The Morgan fingerprint density at radius 3 is 2.72 bits per heavy atom. The molecule has 0 unspecified atom stereocenters. The summed E-state index contributed by atoms with van der Waals surface area (Å²) in [5.74, 6) is 0.0147. The van der Waals surface area contributed by atoms with Crippen LogP contribution in [0.5, 0.6) is 0 Å². The Balaban J connectivity index is 2.38. The number of methoxy groups -OCH3 is 1. The first-order valence-corrected chi connectivity index (χ1v) is 6.18. The zero-order valence-electron chi connectivity index (χ0n) is 11.3. The lowest BCUT2D eigenvalue weighted by Gasteiger charge is -2.09. The molecule has 1 aromatic rings. The quantitative estimate of drug-likeness (QED) is 0.770. The van der Waals surface area contributed by atoms with Gasteiger partial charge in [0.05, 0.1) is 13.2 Å². The lowest BCUT2D eigenvalue weighted by Crippen LogP contribution is -2.36.